The van der Waals surface area contributed by atoms with Crippen LogP contribution < -0.4 is 10.2 Å². The Hall–Kier alpha value is -1.99. The van der Waals surface area contributed by atoms with E-state index in [9.17, 15) is 10.1 Å². The number of nitro benzene ring substituents is 1. The molecule has 0 bridgehead atoms. The van der Waals surface area contributed by atoms with Crippen molar-refractivity contribution in [3.63, 3.8) is 0 Å². The molecule has 1 N–H and O–H groups in total. The van der Waals surface area contributed by atoms with Crippen LogP contribution in [-0.4, -0.2) is 41.1 Å². The highest BCUT2D eigenvalue weighted by atomic mass is 35.5. The Morgan fingerprint density at radius 3 is 2.91 bits per heavy atom. The number of nitro groups is 1. The highest BCUT2D eigenvalue weighted by molar-refractivity contribution is 5.85. The van der Waals surface area contributed by atoms with Gasteiger partial charge in [-0.2, -0.15) is 0 Å². The van der Waals surface area contributed by atoms with Gasteiger partial charge < -0.3 is 10.2 Å². The minimum Gasteiger partial charge on any atom is -0.354 e. The number of non-ortho nitro benzene ring substituents is 1. The second-order valence-corrected chi connectivity index (χ2v) is 5.27. The number of piperidine rings is 1. The van der Waals surface area contributed by atoms with Gasteiger partial charge in [-0.15, -0.1) is 12.4 Å². The number of nitrogens with zero attached hydrogens (tertiary/aromatic N) is 4. The van der Waals surface area contributed by atoms with E-state index in [0.717, 1.165) is 31.7 Å². The van der Waals surface area contributed by atoms with Gasteiger partial charge in [0.05, 0.1) is 22.2 Å². The van der Waals surface area contributed by atoms with Crippen LogP contribution in [0, 0.1) is 10.1 Å². The first-order valence-electron chi connectivity index (χ1n) is 7.00. The van der Waals surface area contributed by atoms with Crippen molar-refractivity contribution in [2.45, 2.75) is 18.9 Å². The molecular formula is C14H18ClN5O2. The van der Waals surface area contributed by atoms with E-state index in [1.54, 1.807) is 12.3 Å². The van der Waals surface area contributed by atoms with Gasteiger partial charge in [0.1, 0.15) is 5.82 Å². The molecule has 1 aliphatic rings. The molecule has 0 radical (unpaired) electrons. The molecular weight excluding hydrogens is 306 g/mol. The summed E-state index contributed by atoms with van der Waals surface area (Å²) in [6.45, 7) is 2.01. The van der Waals surface area contributed by atoms with Gasteiger partial charge in [-0.3, -0.25) is 15.1 Å². The monoisotopic (exact) mass is 323 g/mol. The number of aromatic nitrogens is 2. The number of hydrogen-bond acceptors (Lipinski definition) is 6. The van der Waals surface area contributed by atoms with Crippen LogP contribution in [0.4, 0.5) is 11.5 Å². The molecule has 1 aromatic carbocycles. The molecule has 7 nitrogen and oxygen atoms in total. The number of fused-ring (bicyclic) bond motifs is 1. The van der Waals surface area contributed by atoms with E-state index in [0.29, 0.717) is 17.1 Å². The summed E-state index contributed by atoms with van der Waals surface area (Å²) in [5.74, 6) is 0.796. The molecule has 8 heteroatoms. The first-order chi connectivity index (χ1) is 10.1. The average Bonchev–Trinajstić information content (AvgIpc) is 2.54. The van der Waals surface area contributed by atoms with Crippen molar-refractivity contribution in [1.29, 1.82) is 0 Å². The number of anilines is 1. The van der Waals surface area contributed by atoms with E-state index in [1.807, 2.05) is 7.05 Å². The molecule has 0 amide bonds. The predicted octanol–water partition coefficient (Wildman–Crippen LogP) is 2.15. The summed E-state index contributed by atoms with van der Waals surface area (Å²) in [7, 11) is 2.01. The lowest BCUT2D eigenvalue weighted by Gasteiger charge is -2.32. The quantitative estimate of drug-likeness (QED) is 0.688. The maximum Gasteiger partial charge on any atom is 0.271 e. The topological polar surface area (TPSA) is 84.2 Å². The molecule has 2 heterocycles. The molecule has 0 saturated carbocycles. The Morgan fingerprint density at radius 2 is 2.23 bits per heavy atom. The zero-order valence-electron chi connectivity index (χ0n) is 12.2. The number of likely N-dealkylation sites (N-methyl/N-ethyl adjacent to an activating group) is 1. The smallest absolute Gasteiger partial charge is 0.271 e. The maximum absolute atomic E-state index is 10.8. The van der Waals surface area contributed by atoms with E-state index >= 15 is 0 Å². The van der Waals surface area contributed by atoms with Crippen molar-refractivity contribution < 1.29 is 4.92 Å². The molecule has 22 heavy (non-hydrogen) atoms. The molecule has 1 atom stereocenters. The fraction of sp³-hybridized carbons (Fsp3) is 0.429. The second kappa shape index (κ2) is 6.85. The molecule has 1 unspecified atom stereocenters. The number of nitrogens with one attached hydrogen (secondary N) is 1. The Labute approximate surface area is 134 Å². The van der Waals surface area contributed by atoms with Gasteiger partial charge >= 0.3 is 0 Å². The minimum absolute atomic E-state index is 0. The van der Waals surface area contributed by atoms with Crippen molar-refractivity contribution in [1.82, 2.24) is 15.3 Å². The van der Waals surface area contributed by atoms with E-state index < -0.39 is 4.92 Å². The van der Waals surface area contributed by atoms with Crippen molar-refractivity contribution in [3.8, 4) is 0 Å². The summed E-state index contributed by atoms with van der Waals surface area (Å²) in [4.78, 5) is 21.3. The van der Waals surface area contributed by atoms with E-state index in [2.05, 4.69) is 20.2 Å². The Bertz CT molecular complexity index is 675. The number of rotatable bonds is 3. The van der Waals surface area contributed by atoms with Crippen LogP contribution in [0.25, 0.3) is 11.0 Å². The predicted molar refractivity (Wildman–Crippen MR) is 87.7 cm³/mol. The lowest BCUT2D eigenvalue weighted by molar-refractivity contribution is -0.384. The zero-order valence-corrected chi connectivity index (χ0v) is 13.0. The lowest BCUT2D eigenvalue weighted by atomic mass is 10.1. The molecule has 1 saturated heterocycles. The first-order valence-corrected chi connectivity index (χ1v) is 7.00. The lowest BCUT2D eigenvalue weighted by Crippen LogP contribution is -2.44. The summed E-state index contributed by atoms with van der Waals surface area (Å²) >= 11 is 0. The summed E-state index contributed by atoms with van der Waals surface area (Å²) in [6.07, 6.45) is 3.96. The summed E-state index contributed by atoms with van der Waals surface area (Å²) in [6, 6.07) is 4.97. The summed E-state index contributed by atoms with van der Waals surface area (Å²) in [5, 5.41) is 14.1. The van der Waals surface area contributed by atoms with Crippen LogP contribution in [0.3, 0.4) is 0 Å². The molecule has 0 spiro atoms. The average molecular weight is 324 g/mol. The Balaban J connectivity index is 0.00000176. The van der Waals surface area contributed by atoms with Crippen LogP contribution in [0.2, 0.25) is 0 Å². The zero-order chi connectivity index (χ0) is 14.8. The molecule has 1 aliphatic heterocycles. The van der Waals surface area contributed by atoms with Crippen molar-refractivity contribution in [2.24, 2.45) is 0 Å². The van der Waals surface area contributed by atoms with Gasteiger partial charge in [0.25, 0.3) is 5.69 Å². The third kappa shape index (κ3) is 3.26. The van der Waals surface area contributed by atoms with Gasteiger partial charge in [0.15, 0.2) is 0 Å². The van der Waals surface area contributed by atoms with Crippen molar-refractivity contribution >= 4 is 34.9 Å². The van der Waals surface area contributed by atoms with Crippen LogP contribution in [0.5, 0.6) is 0 Å². The summed E-state index contributed by atoms with van der Waals surface area (Å²) < 4.78 is 0. The van der Waals surface area contributed by atoms with E-state index in [4.69, 9.17) is 0 Å². The van der Waals surface area contributed by atoms with E-state index in [-0.39, 0.29) is 18.1 Å². The molecule has 0 aliphatic carbocycles. The molecule has 118 valence electrons. The van der Waals surface area contributed by atoms with Crippen LogP contribution in [-0.2, 0) is 0 Å². The Morgan fingerprint density at radius 1 is 1.41 bits per heavy atom. The van der Waals surface area contributed by atoms with Gasteiger partial charge in [0, 0.05) is 31.8 Å². The maximum atomic E-state index is 10.8. The number of hydrogen-bond donors (Lipinski definition) is 1. The largest absolute Gasteiger partial charge is 0.354 e. The van der Waals surface area contributed by atoms with Crippen LogP contribution >= 0.6 is 12.4 Å². The van der Waals surface area contributed by atoms with Crippen molar-refractivity contribution in [3.05, 3.63) is 34.5 Å². The Kier molecular flexibility index (Phi) is 5.10. The fourth-order valence-electron chi connectivity index (χ4n) is 2.62. The third-order valence-corrected chi connectivity index (χ3v) is 3.90. The van der Waals surface area contributed by atoms with E-state index in [1.165, 1.54) is 12.1 Å². The SMILES string of the molecule is CN(c1cnc2cc([N+](=O)[O-])ccc2n1)C1CCCNC1.Cl. The molecule has 2 aromatic rings. The fourth-order valence-corrected chi connectivity index (χ4v) is 2.62. The molecule has 1 aromatic heterocycles. The van der Waals surface area contributed by atoms with Gasteiger partial charge in [-0.25, -0.2) is 4.98 Å². The second-order valence-electron chi connectivity index (χ2n) is 5.27. The number of benzene rings is 1. The van der Waals surface area contributed by atoms with Gasteiger partial charge in [-0.05, 0) is 25.5 Å². The molecule has 1 fully saturated rings. The van der Waals surface area contributed by atoms with Crippen LogP contribution in [0.15, 0.2) is 24.4 Å². The third-order valence-electron chi connectivity index (χ3n) is 3.90. The number of halogens is 1. The normalized spacial score (nSPS) is 17.8. The first kappa shape index (κ1) is 16.4. The van der Waals surface area contributed by atoms with Crippen LogP contribution in [0.1, 0.15) is 12.8 Å². The summed E-state index contributed by atoms with van der Waals surface area (Å²) in [5.41, 5.74) is 1.26. The van der Waals surface area contributed by atoms with Gasteiger partial charge in [-0.1, -0.05) is 0 Å². The molecule has 3 rings (SSSR count). The highest BCUT2D eigenvalue weighted by Crippen LogP contribution is 2.22. The van der Waals surface area contributed by atoms with Crippen molar-refractivity contribution in [2.75, 3.05) is 25.0 Å². The minimum atomic E-state index is -0.422. The standard InChI is InChI=1S/C14H17N5O2.ClH/c1-18(11-3-2-6-15-8-11)14-9-16-13-7-10(19(20)21)4-5-12(13)17-14;/h4-5,7,9,11,15H,2-3,6,8H2,1H3;1H. The highest BCUT2D eigenvalue weighted by Gasteiger charge is 2.19. The van der Waals surface area contributed by atoms with Gasteiger partial charge in [0.2, 0.25) is 0 Å².